The molecule has 8 heteroatoms. The molecule has 2 N–H and O–H groups in total. The third-order valence-electron chi connectivity index (χ3n) is 1.44. The molecule has 0 radical (unpaired) electrons. The van der Waals surface area contributed by atoms with Crippen LogP contribution in [-0.4, -0.2) is 15.0 Å². The van der Waals surface area contributed by atoms with E-state index in [1.165, 1.54) is 0 Å². The van der Waals surface area contributed by atoms with Crippen LogP contribution in [0.2, 0.25) is 0 Å². The topological polar surface area (TPSA) is 69.4 Å². The summed E-state index contributed by atoms with van der Waals surface area (Å²) in [6.07, 6.45) is 0. The van der Waals surface area contributed by atoms with E-state index in [2.05, 4.69) is 9.88 Å². The van der Waals surface area contributed by atoms with E-state index in [1.54, 1.807) is 0 Å². The number of alkyl halides is 2. The molecule has 0 saturated heterocycles. The van der Waals surface area contributed by atoms with Crippen LogP contribution in [0.5, 0.6) is 5.75 Å². The maximum absolute atomic E-state index is 13.0. The second-order valence-corrected chi connectivity index (χ2v) is 4.05. The highest BCUT2D eigenvalue weighted by atomic mass is 32.2. The minimum Gasteiger partial charge on any atom is -0.435 e. The van der Waals surface area contributed by atoms with Crippen LogP contribution >= 0.6 is 0 Å². The first-order valence-electron chi connectivity index (χ1n) is 3.58. The number of ether oxygens (including phenoxy) is 1. The van der Waals surface area contributed by atoms with Gasteiger partial charge >= 0.3 is 6.61 Å². The number of benzene rings is 1. The van der Waals surface area contributed by atoms with Crippen molar-refractivity contribution in [3.8, 4) is 5.75 Å². The first-order chi connectivity index (χ1) is 6.80. The van der Waals surface area contributed by atoms with Crippen molar-refractivity contribution >= 4 is 10.0 Å². The predicted molar refractivity (Wildman–Crippen MR) is 44.4 cm³/mol. The lowest BCUT2D eigenvalue weighted by molar-refractivity contribution is -0.0500. The molecule has 0 atom stereocenters. The SMILES string of the molecule is NS(=O)(=O)c1ccc(OC(F)F)cc1F. The molecule has 15 heavy (non-hydrogen) atoms. The average Bonchev–Trinajstić information content (AvgIpc) is 1.99. The number of nitrogens with two attached hydrogens (primary N) is 1. The molecule has 0 heterocycles. The molecule has 0 unspecified atom stereocenters. The van der Waals surface area contributed by atoms with E-state index >= 15 is 0 Å². The Labute approximate surface area is 83.5 Å². The first kappa shape index (κ1) is 11.8. The zero-order chi connectivity index (χ0) is 11.6. The van der Waals surface area contributed by atoms with Gasteiger partial charge in [0.15, 0.2) is 0 Å². The molecule has 1 aromatic rings. The van der Waals surface area contributed by atoms with Gasteiger partial charge in [0.25, 0.3) is 0 Å². The van der Waals surface area contributed by atoms with Gasteiger partial charge in [0, 0.05) is 6.07 Å². The molecule has 0 spiro atoms. The van der Waals surface area contributed by atoms with Crippen molar-refractivity contribution in [3.63, 3.8) is 0 Å². The van der Waals surface area contributed by atoms with Gasteiger partial charge in [-0.25, -0.2) is 17.9 Å². The van der Waals surface area contributed by atoms with E-state index in [1.807, 2.05) is 0 Å². The normalized spacial score (nSPS) is 11.8. The Morgan fingerprint density at radius 2 is 1.93 bits per heavy atom. The Hall–Kier alpha value is -1.28. The van der Waals surface area contributed by atoms with Gasteiger partial charge in [0.2, 0.25) is 10.0 Å². The molecular formula is C7H6F3NO3S. The van der Waals surface area contributed by atoms with Crippen molar-refractivity contribution in [1.82, 2.24) is 0 Å². The Bertz CT molecular complexity index is 461. The number of hydrogen-bond acceptors (Lipinski definition) is 3. The van der Waals surface area contributed by atoms with Crippen LogP contribution in [0.4, 0.5) is 13.2 Å². The van der Waals surface area contributed by atoms with Crippen LogP contribution in [-0.2, 0) is 10.0 Å². The van der Waals surface area contributed by atoms with Gasteiger partial charge in [-0.05, 0) is 12.1 Å². The third kappa shape index (κ3) is 3.10. The number of rotatable bonds is 3. The Kier molecular flexibility index (Phi) is 3.20. The van der Waals surface area contributed by atoms with Crippen LogP contribution in [0.15, 0.2) is 23.1 Å². The summed E-state index contributed by atoms with van der Waals surface area (Å²) in [6.45, 7) is -3.11. The fourth-order valence-electron chi connectivity index (χ4n) is 0.888. The second-order valence-electron chi connectivity index (χ2n) is 2.52. The summed E-state index contributed by atoms with van der Waals surface area (Å²) in [5, 5.41) is 4.65. The number of halogens is 3. The van der Waals surface area contributed by atoms with Gasteiger partial charge < -0.3 is 4.74 Å². The smallest absolute Gasteiger partial charge is 0.387 e. The molecule has 84 valence electrons. The van der Waals surface area contributed by atoms with E-state index in [4.69, 9.17) is 0 Å². The van der Waals surface area contributed by atoms with E-state index in [9.17, 15) is 21.6 Å². The highest BCUT2D eigenvalue weighted by Crippen LogP contribution is 2.20. The minimum atomic E-state index is -4.20. The largest absolute Gasteiger partial charge is 0.435 e. The highest BCUT2D eigenvalue weighted by molar-refractivity contribution is 7.89. The van der Waals surface area contributed by atoms with Crippen molar-refractivity contribution < 1.29 is 26.3 Å². The summed E-state index contributed by atoms with van der Waals surface area (Å²) in [4.78, 5) is -0.774. The molecule has 0 aromatic heterocycles. The summed E-state index contributed by atoms with van der Waals surface area (Å²) in [7, 11) is -4.20. The molecule has 0 bridgehead atoms. The lowest BCUT2D eigenvalue weighted by Gasteiger charge is -2.05. The summed E-state index contributed by atoms with van der Waals surface area (Å²) < 4.78 is 61.7. The molecule has 4 nitrogen and oxygen atoms in total. The Balaban J connectivity index is 3.09. The van der Waals surface area contributed by atoms with Crippen molar-refractivity contribution in [2.45, 2.75) is 11.5 Å². The zero-order valence-electron chi connectivity index (χ0n) is 7.15. The molecule has 1 rings (SSSR count). The third-order valence-corrected chi connectivity index (χ3v) is 2.38. The predicted octanol–water partition coefficient (Wildman–Crippen LogP) is 1.07. The molecule has 0 fully saturated rings. The maximum Gasteiger partial charge on any atom is 0.387 e. The van der Waals surface area contributed by atoms with Crippen LogP contribution in [0.1, 0.15) is 0 Å². The Morgan fingerprint density at radius 3 is 2.33 bits per heavy atom. The van der Waals surface area contributed by atoms with Gasteiger partial charge in [0.05, 0.1) is 0 Å². The molecule has 0 aliphatic carbocycles. The molecular weight excluding hydrogens is 235 g/mol. The Morgan fingerprint density at radius 1 is 1.33 bits per heavy atom. The van der Waals surface area contributed by atoms with Crippen LogP contribution in [0.3, 0.4) is 0 Å². The van der Waals surface area contributed by atoms with E-state index in [0.29, 0.717) is 6.07 Å². The first-order valence-corrected chi connectivity index (χ1v) is 5.12. The summed E-state index contributed by atoms with van der Waals surface area (Å²) >= 11 is 0. The van der Waals surface area contributed by atoms with Crippen LogP contribution in [0.25, 0.3) is 0 Å². The maximum atomic E-state index is 13.0. The standard InChI is InChI=1S/C7H6F3NO3S/c8-5-3-4(14-7(9)10)1-2-6(5)15(11,12)13/h1-3,7H,(H2,11,12,13). The molecule has 0 aliphatic heterocycles. The number of primary sulfonamides is 1. The van der Waals surface area contributed by atoms with E-state index in [0.717, 1.165) is 12.1 Å². The lowest BCUT2D eigenvalue weighted by atomic mass is 10.3. The summed E-state index contributed by atoms with van der Waals surface area (Å²) in [6, 6.07) is 2.16. The number of sulfonamides is 1. The molecule has 0 aliphatic rings. The van der Waals surface area contributed by atoms with Gasteiger partial charge in [-0.15, -0.1) is 0 Å². The molecule has 0 saturated carbocycles. The summed E-state index contributed by atoms with van der Waals surface area (Å²) in [5.74, 6) is -1.72. The number of hydrogen-bond donors (Lipinski definition) is 1. The summed E-state index contributed by atoms with van der Waals surface area (Å²) in [5.41, 5.74) is 0. The van der Waals surface area contributed by atoms with Crippen LogP contribution in [0, 0.1) is 5.82 Å². The monoisotopic (exact) mass is 241 g/mol. The van der Waals surface area contributed by atoms with Gasteiger partial charge in [-0.3, -0.25) is 0 Å². The fourth-order valence-corrected chi connectivity index (χ4v) is 1.48. The second kappa shape index (κ2) is 4.07. The zero-order valence-corrected chi connectivity index (χ0v) is 7.97. The molecule has 1 aromatic carbocycles. The van der Waals surface area contributed by atoms with E-state index in [-0.39, 0.29) is 0 Å². The fraction of sp³-hybridized carbons (Fsp3) is 0.143. The molecule has 0 amide bonds. The van der Waals surface area contributed by atoms with Crippen molar-refractivity contribution in [2.24, 2.45) is 5.14 Å². The quantitative estimate of drug-likeness (QED) is 0.860. The van der Waals surface area contributed by atoms with Crippen molar-refractivity contribution in [1.29, 1.82) is 0 Å². The van der Waals surface area contributed by atoms with Gasteiger partial charge in [0.1, 0.15) is 16.5 Å². The highest BCUT2D eigenvalue weighted by Gasteiger charge is 2.15. The van der Waals surface area contributed by atoms with Gasteiger partial charge in [-0.2, -0.15) is 8.78 Å². The lowest BCUT2D eigenvalue weighted by Crippen LogP contribution is -2.14. The van der Waals surface area contributed by atoms with Gasteiger partial charge in [-0.1, -0.05) is 0 Å². The van der Waals surface area contributed by atoms with Crippen molar-refractivity contribution in [2.75, 3.05) is 0 Å². The van der Waals surface area contributed by atoms with E-state index < -0.39 is 33.1 Å². The van der Waals surface area contributed by atoms with Crippen molar-refractivity contribution in [3.05, 3.63) is 24.0 Å². The average molecular weight is 241 g/mol. The minimum absolute atomic E-state index is 0.477. The van der Waals surface area contributed by atoms with Crippen LogP contribution < -0.4 is 9.88 Å².